The summed E-state index contributed by atoms with van der Waals surface area (Å²) in [6, 6.07) is 6.97. The van der Waals surface area contributed by atoms with Crippen molar-refractivity contribution < 1.29 is 74.4 Å². The van der Waals surface area contributed by atoms with Crippen molar-refractivity contribution in [1.82, 2.24) is 0 Å². The molecule has 10 N–H and O–H groups in total. The second kappa shape index (κ2) is 12.2. The number of aliphatic hydroxyl groups is 8. The van der Waals surface area contributed by atoms with Crippen molar-refractivity contribution in [1.29, 1.82) is 0 Å². The number of rotatable bonds is 7. The van der Waals surface area contributed by atoms with Crippen molar-refractivity contribution in [3.8, 4) is 34.3 Å². The molecule has 16 nitrogen and oxygen atoms in total. The average molecular weight is 611 g/mol. The maximum atomic E-state index is 12.8. The van der Waals surface area contributed by atoms with Crippen molar-refractivity contribution >= 4 is 11.0 Å². The number of phenolic OH excluding ortho intramolecular Hbond substituents is 2. The summed E-state index contributed by atoms with van der Waals surface area (Å²) in [7, 11) is 0. The molecule has 0 saturated carbocycles. The summed E-state index contributed by atoms with van der Waals surface area (Å²) >= 11 is 0. The van der Waals surface area contributed by atoms with E-state index in [1.54, 1.807) is 0 Å². The van der Waals surface area contributed by atoms with Crippen LogP contribution in [0.2, 0.25) is 0 Å². The lowest BCUT2D eigenvalue weighted by molar-refractivity contribution is -0.282. The van der Waals surface area contributed by atoms with Gasteiger partial charge >= 0.3 is 0 Å². The molecule has 16 heteroatoms. The minimum absolute atomic E-state index is 0.0828. The molecule has 2 aromatic carbocycles. The van der Waals surface area contributed by atoms with Gasteiger partial charge in [0.15, 0.2) is 16.9 Å². The lowest BCUT2D eigenvalue weighted by atomic mass is 9.99. The zero-order chi connectivity index (χ0) is 31.2. The molecule has 3 heterocycles. The zero-order valence-electron chi connectivity index (χ0n) is 22.1. The molecule has 10 atom stereocenters. The molecule has 2 saturated heterocycles. The number of benzene rings is 2. The van der Waals surface area contributed by atoms with Crippen molar-refractivity contribution in [2.45, 2.75) is 61.4 Å². The van der Waals surface area contributed by atoms with E-state index < -0.39 is 85.8 Å². The third kappa shape index (κ3) is 5.85. The molecule has 2 aliphatic rings. The van der Waals surface area contributed by atoms with E-state index in [9.17, 15) is 55.9 Å². The molecule has 10 unspecified atom stereocenters. The predicted molar refractivity (Wildman–Crippen MR) is 140 cm³/mol. The van der Waals surface area contributed by atoms with Gasteiger partial charge in [0.25, 0.3) is 0 Å². The van der Waals surface area contributed by atoms with Gasteiger partial charge in [-0.1, -0.05) is 0 Å². The molecule has 0 amide bonds. The van der Waals surface area contributed by atoms with E-state index in [-0.39, 0.29) is 39.5 Å². The Balaban J connectivity index is 1.55. The van der Waals surface area contributed by atoms with Gasteiger partial charge in [0.2, 0.25) is 12.6 Å². The first kappa shape index (κ1) is 30.9. The maximum absolute atomic E-state index is 12.8. The molecule has 5 rings (SSSR count). The van der Waals surface area contributed by atoms with Crippen molar-refractivity contribution in [2.75, 3.05) is 13.2 Å². The number of hydrogen-bond donors (Lipinski definition) is 10. The van der Waals surface area contributed by atoms with Gasteiger partial charge in [0.05, 0.1) is 13.2 Å². The van der Waals surface area contributed by atoms with E-state index in [0.29, 0.717) is 0 Å². The van der Waals surface area contributed by atoms with E-state index in [2.05, 4.69) is 0 Å². The van der Waals surface area contributed by atoms with Gasteiger partial charge < -0.3 is 74.4 Å². The monoisotopic (exact) mass is 610 g/mol. The van der Waals surface area contributed by atoms with Crippen LogP contribution in [0.4, 0.5) is 0 Å². The molecule has 2 aliphatic heterocycles. The predicted octanol–water partition coefficient (Wildman–Crippen LogP) is -2.77. The molecule has 0 radical (unpaired) electrons. The number of aromatic hydroxyl groups is 2. The number of ether oxygens (including phenoxy) is 4. The first-order chi connectivity index (χ1) is 20.4. The van der Waals surface area contributed by atoms with Crippen LogP contribution in [-0.2, 0) is 9.47 Å². The molecule has 43 heavy (non-hydrogen) atoms. The highest BCUT2D eigenvalue weighted by molar-refractivity contribution is 5.86. The Bertz CT molecular complexity index is 1500. The normalized spacial score (nSPS) is 32.9. The highest BCUT2D eigenvalue weighted by Gasteiger charge is 2.46. The van der Waals surface area contributed by atoms with Crippen LogP contribution in [0.1, 0.15) is 0 Å². The largest absolute Gasteiger partial charge is 0.508 e. The van der Waals surface area contributed by atoms with E-state index in [1.165, 1.54) is 18.2 Å². The Morgan fingerprint density at radius 2 is 1.23 bits per heavy atom. The van der Waals surface area contributed by atoms with Crippen LogP contribution in [0, 0.1) is 0 Å². The lowest BCUT2D eigenvalue weighted by Gasteiger charge is -2.41. The van der Waals surface area contributed by atoms with E-state index in [0.717, 1.165) is 18.2 Å². The van der Waals surface area contributed by atoms with Gasteiger partial charge in [-0.3, -0.25) is 4.79 Å². The quantitative estimate of drug-likeness (QED) is 0.130. The zero-order valence-corrected chi connectivity index (χ0v) is 22.1. The van der Waals surface area contributed by atoms with Crippen molar-refractivity contribution in [3.63, 3.8) is 0 Å². The summed E-state index contributed by atoms with van der Waals surface area (Å²) in [6.45, 7) is -1.48. The second-order valence-corrected chi connectivity index (χ2v) is 10.1. The summed E-state index contributed by atoms with van der Waals surface area (Å²) in [5.74, 6) is -1.49. The molecule has 234 valence electrons. The van der Waals surface area contributed by atoms with Crippen LogP contribution < -0.4 is 14.9 Å². The first-order valence-corrected chi connectivity index (χ1v) is 13.0. The van der Waals surface area contributed by atoms with Crippen LogP contribution >= 0.6 is 0 Å². The fourth-order valence-electron chi connectivity index (χ4n) is 4.83. The number of hydrogen-bond acceptors (Lipinski definition) is 16. The summed E-state index contributed by atoms with van der Waals surface area (Å²) in [5, 5.41) is 100. The van der Waals surface area contributed by atoms with Crippen LogP contribution in [0.5, 0.6) is 23.0 Å². The van der Waals surface area contributed by atoms with Crippen LogP contribution in [0.3, 0.4) is 0 Å². The first-order valence-electron chi connectivity index (χ1n) is 13.0. The van der Waals surface area contributed by atoms with Gasteiger partial charge in [-0.25, -0.2) is 0 Å². The summed E-state index contributed by atoms with van der Waals surface area (Å²) in [5.41, 5.74) is -0.674. The summed E-state index contributed by atoms with van der Waals surface area (Å²) < 4.78 is 28.0. The minimum Gasteiger partial charge on any atom is -0.508 e. The van der Waals surface area contributed by atoms with Crippen LogP contribution in [0.25, 0.3) is 22.3 Å². The Morgan fingerprint density at radius 1 is 0.674 bits per heavy atom. The summed E-state index contributed by atoms with van der Waals surface area (Å²) in [6.07, 6.45) is -16.6. The number of phenols is 2. The standard InChI is InChI=1S/C27H30O16/c28-7-17-20(33)22(35)24(37)26(42-17)40-13-2-1-9(14-6-12(32)19-11(31)4-10(30)5-16(19)39-14)3-15(13)41-27-25(38)23(36)21(34)18(8-29)43-27/h1-6,17-18,20-31,33-38H,7-8H2. The molecule has 3 aromatic rings. The Hall–Kier alpha value is -3.55. The fourth-order valence-corrected chi connectivity index (χ4v) is 4.83. The Kier molecular flexibility index (Phi) is 8.77. The molecular formula is C27H30O16. The molecule has 2 fully saturated rings. The number of aliphatic hydroxyl groups excluding tert-OH is 8. The van der Waals surface area contributed by atoms with E-state index in [1.807, 2.05) is 0 Å². The van der Waals surface area contributed by atoms with Crippen LogP contribution in [-0.4, -0.2) is 126 Å². The second-order valence-electron chi connectivity index (χ2n) is 10.1. The van der Waals surface area contributed by atoms with Crippen molar-refractivity contribution in [3.05, 3.63) is 46.6 Å². The smallest absolute Gasteiger partial charge is 0.229 e. The lowest BCUT2D eigenvalue weighted by Crippen LogP contribution is -2.60. The molecule has 0 spiro atoms. The van der Waals surface area contributed by atoms with E-state index >= 15 is 0 Å². The number of fused-ring (bicyclic) bond motifs is 1. The molecule has 0 bridgehead atoms. The van der Waals surface area contributed by atoms with Gasteiger partial charge in [-0.2, -0.15) is 0 Å². The Morgan fingerprint density at radius 3 is 1.79 bits per heavy atom. The Labute approximate surface area is 241 Å². The van der Waals surface area contributed by atoms with E-state index in [4.69, 9.17) is 23.4 Å². The van der Waals surface area contributed by atoms with Crippen LogP contribution in [0.15, 0.2) is 45.6 Å². The topological polar surface area (TPSA) is 269 Å². The fraction of sp³-hybridized carbons (Fsp3) is 0.444. The van der Waals surface area contributed by atoms with Gasteiger partial charge in [0, 0.05) is 23.8 Å². The minimum atomic E-state index is -1.84. The summed E-state index contributed by atoms with van der Waals surface area (Å²) in [4.78, 5) is 12.8. The average Bonchev–Trinajstić information content (AvgIpc) is 2.97. The van der Waals surface area contributed by atoms with Gasteiger partial charge in [0.1, 0.15) is 77.1 Å². The molecule has 0 aliphatic carbocycles. The highest BCUT2D eigenvalue weighted by Crippen LogP contribution is 2.38. The maximum Gasteiger partial charge on any atom is 0.229 e. The highest BCUT2D eigenvalue weighted by atomic mass is 16.7. The molecular weight excluding hydrogens is 580 g/mol. The molecule has 1 aromatic heterocycles. The van der Waals surface area contributed by atoms with Crippen molar-refractivity contribution in [2.24, 2.45) is 0 Å². The van der Waals surface area contributed by atoms with Gasteiger partial charge in [-0.05, 0) is 18.2 Å². The van der Waals surface area contributed by atoms with Gasteiger partial charge in [-0.15, -0.1) is 0 Å². The third-order valence-corrected chi connectivity index (χ3v) is 7.21. The third-order valence-electron chi connectivity index (χ3n) is 7.21. The SMILES string of the molecule is O=c1cc(-c2ccc(OC3OC(CO)C(O)C(O)C3O)c(OC3OC(CO)C(O)C(O)C3O)c2)oc2cc(O)cc(O)c12.